The number of nitrogens with one attached hydrogen (secondary N) is 1. The van der Waals surface area contributed by atoms with Gasteiger partial charge in [-0.25, -0.2) is 4.79 Å². The molecule has 1 amide bonds. The van der Waals surface area contributed by atoms with Crippen molar-refractivity contribution in [2.75, 3.05) is 6.61 Å². The van der Waals surface area contributed by atoms with E-state index in [1.165, 1.54) is 0 Å². The van der Waals surface area contributed by atoms with Gasteiger partial charge < -0.3 is 19.3 Å². The van der Waals surface area contributed by atoms with Crippen LogP contribution in [0.25, 0.3) is 0 Å². The lowest BCUT2D eigenvalue weighted by molar-refractivity contribution is -0.145. The maximum Gasteiger partial charge on any atom is 0.328 e. The molecule has 0 aliphatic heterocycles. The molecule has 1 atom stereocenters. The molecular formula is C24H26N2O5. The number of rotatable bonds is 9. The summed E-state index contributed by atoms with van der Waals surface area (Å²) in [7, 11) is 0. The molecule has 0 spiro atoms. The Hall–Kier alpha value is -3.61. The zero-order valence-corrected chi connectivity index (χ0v) is 17.9. The van der Waals surface area contributed by atoms with Crippen LogP contribution in [0.5, 0.6) is 5.75 Å². The molecule has 7 heteroatoms. The van der Waals surface area contributed by atoms with Crippen LogP contribution in [-0.2, 0) is 22.6 Å². The fourth-order valence-electron chi connectivity index (χ4n) is 3.09. The number of esters is 1. The highest BCUT2D eigenvalue weighted by Crippen LogP contribution is 2.18. The maximum atomic E-state index is 12.7. The summed E-state index contributed by atoms with van der Waals surface area (Å²) in [6.07, 6.45) is 0.351. The molecule has 0 bridgehead atoms. The molecule has 2 aromatic carbocycles. The number of benzene rings is 2. The third kappa shape index (κ3) is 5.94. The first kappa shape index (κ1) is 22.1. The van der Waals surface area contributed by atoms with E-state index in [9.17, 15) is 9.59 Å². The number of ether oxygens (including phenoxy) is 2. The second kappa shape index (κ2) is 10.4. The van der Waals surface area contributed by atoms with Crippen LogP contribution in [0.4, 0.5) is 0 Å². The summed E-state index contributed by atoms with van der Waals surface area (Å²) in [5.41, 5.74) is 3.05. The molecule has 0 aliphatic carbocycles. The number of carbonyl (C=O) groups is 2. The minimum absolute atomic E-state index is 0.247. The van der Waals surface area contributed by atoms with Gasteiger partial charge in [-0.15, -0.1) is 0 Å². The van der Waals surface area contributed by atoms with Gasteiger partial charge in [-0.05, 0) is 50.6 Å². The first-order valence-electron chi connectivity index (χ1n) is 10.1. The molecule has 162 valence electrons. The molecule has 0 saturated carbocycles. The van der Waals surface area contributed by atoms with Crippen molar-refractivity contribution in [3.8, 4) is 5.75 Å². The van der Waals surface area contributed by atoms with E-state index in [2.05, 4.69) is 10.5 Å². The van der Waals surface area contributed by atoms with Gasteiger partial charge >= 0.3 is 5.97 Å². The van der Waals surface area contributed by atoms with E-state index in [1.54, 1.807) is 31.2 Å². The summed E-state index contributed by atoms with van der Waals surface area (Å²) in [6, 6.07) is 15.5. The number of aromatic nitrogens is 1. The maximum absolute atomic E-state index is 12.7. The second-order valence-corrected chi connectivity index (χ2v) is 7.08. The molecule has 0 saturated heterocycles. The Kier molecular flexibility index (Phi) is 7.43. The normalized spacial score (nSPS) is 11.6. The van der Waals surface area contributed by atoms with Gasteiger partial charge in [0.2, 0.25) is 0 Å². The number of amides is 1. The Balaban J connectivity index is 1.63. The first-order chi connectivity index (χ1) is 15.0. The van der Waals surface area contributed by atoms with Crippen LogP contribution in [0, 0.1) is 13.8 Å². The van der Waals surface area contributed by atoms with Gasteiger partial charge in [0.15, 0.2) is 0 Å². The SMILES string of the molecule is CCOC(=O)C(Cc1ccccc1)NC(=O)c1ccc(OCc2c(C)noc2C)cc1. The third-order valence-corrected chi connectivity index (χ3v) is 4.84. The molecule has 0 radical (unpaired) electrons. The van der Waals surface area contributed by atoms with E-state index in [1.807, 2.05) is 44.2 Å². The predicted octanol–water partition coefficient (Wildman–Crippen LogP) is 3.77. The lowest BCUT2D eigenvalue weighted by Gasteiger charge is -2.17. The van der Waals surface area contributed by atoms with Crippen molar-refractivity contribution in [3.05, 3.63) is 82.7 Å². The first-order valence-corrected chi connectivity index (χ1v) is 10.1. The number of nitrogens with zero attached hydrogens (tertiary/aromatic N) is 1. The Morgan fingerprint density at radius 1 is 1.06 bits per heavy atom. The van der Waals surface area contributed by atoms with E-state index in [4.69, 9.17) is 14.0 Å². The van der Waals surface area contributed by atoms with Crippen molar-refractivity contribution < 1.29 is 23.6 Å². The molecule has 1 heterocycles. The number of hydrogen-bond donors (Lipinski definition) is 1. The van der Waals surface area contributed by atoms with E-state index < -0.39 is 12.0 Å². The Labute approximate surface area is 181 Å². The fourth-order valence-corrected chi connectivity index (χ4v) is 3.09. The Morgan fingerprint density at radius 3 is 2.39 bits per heavy atom. The fraction of sp³-hybridized carbons (Fsp3) is 0.292. The van der Waals surface area contributed by atoms with Gasteiger partial charge in [0.05, 0.1) is 17.9 Å². The minimum Gasteiger partial charge on any atom is -0.489 e. The molecule has 1 N–H and O–H groups in total. The van der Waals surface area contributed by atoms with E-state index in [-0.39, 0.29) is 12.5 Å². The zero-order chi connectivity index (χ0) is 22.2. The average molecular weight is 422 g/mol. The topological polar surface area (TPSA) is 90.7 Å². The quantitative estimate of drug-likeness (QED) is 0.528. The summed E-state index contributed by atoms with van der Waals surface area (Å²) in [5, 5.41) is 6.69. The highest BCUT2D eigenvalue weighted by Gasteiger charge is 2.23. The largest absolute Gasteiger partial charge is 0.489 e. The highest BCUT2D eigenvalue weighted by molar-refractivity contribution is 5.96. The highest BCUT2D eigenvalue weighted by atomic mass is 16.5. The second-order valence-electron chi connectivity index (χ2n) is 7.08. The molecular weight excluding hydrogens is 396 g/mol. The number of hydrogen-bond acceptors (Lipinski definition) is 6. The third-order valence-electron chi connectivity index (χ3n) is 4.84. The smallest absolute Gasteiger partial charge is 0.328 e. The molecule has 1 aromatic heterocycles. The van der Waals surface area contributed by atoms with Crippen molar-refractivity contribution >= 4 is 11.9 Å². The van der Waals surface area contributed by atoms with Gasteiger partial charge in [-0.3, -0.25) is 4.79 Å². The monoisotopic (exact) mass is 422 g/mol. The lowest BCUT2D eigenvalue weighted by atomic mass is 10.1. The summed E-state index contributed by atoms with van der Waals surface area (Å²) in [5.74, 6) is 0.519. The van der Waals surface area contributed by atoms with Crippen LogP contribution in [-0.4, -0.2) is 29.7 Å². The predicted molar refractivity (Wildman–Crippen MR) is 115 cm³/mol. The average Bonchev–Trinajstić information content (AvgIpc) is 3.10. The molecule has 0 aliphatic rings. The molecule has 3 aromatic rings. The van der Waals surface area contributed by atoms with Crippen molar-refractivity contribution in [1.82, 2.24) is 10.5 Å². The van der Waals surface area contributed by atoms with Crippen LogP contribution in [0.2, 0.25) is 0 Å². The number of carbonyl (C=O) groups excluding carboxylic acids is 2. The van der Waals surface area contributed by atoms with Crippen molar-refractivity contribution in [2.45, 2.75) is 39.8 Å². The van der Waals surface area contributed by atoms with E-state index in [0.29, 0.717) is 24.3 Å². The standard InChI is InChI=1S/C24H26N2O5/c1-4-29-24(28)22(14-18-8-6-5-7-9-18)25-23(27)19-10-12-20(13-11-19)30-15-21-16(2)26-31-17(21)3/h5-13,22H,4,14-15H2,1-3H3,(H,25,27). The summed E-state index contributed by atoms with van der Waals surface area (Å²) >= 11 is 0. The van der Waals surface area contributed by atoms with E-state index >= 15 is 0 Å². The van der Waals surface area contributed by atoms with Crippen LogP contribution >= 0.6 is 0 Å². The lowest BCUT2D eigenvalue weighted by Crippen LogP contribution is -2.43. The molecule has 0 fully saturated rings. The molecule has 3 rings (SSSR count). The number of aryl methyl sites for hydroxylation is 2. The van der Waals surface area contributed by atoms with Gasteiger partial charge in [0.1, 0.15) is 24.2 Å². The molecule has 7 nitrogen and oxygen atoms in total. The van der Waals surface area contributed by atoms with Crippen LogP contribution in [0.15, 0.2) is 59.1 Å². The Bertz CT molecular complexity index is 993. The van der Waals surface area contributed by atoms with Crippen LogP contribution in [0.1, 0.15) is 39.9 Å². The van der Waals surface area contributed by atoms with Crippen LogP contribution < -0.4 is 10.1 Å². The molecule has 31 heavy (non-hydrogen) atoms. The minimum atomic E-state index is -0.773. The van der Waals surface area contributed by atoms with Gasteiger partial charge in [-0.1, -0.05) is 35.5 Å². The summed E-state index contributed by atoms with van der Waals surface area (Å²) in [6.45, 7) is 6.01. The van der Waals surface area contributed by atoms with Gasteiger partial charge in [-0.2, -0.15) is 0 Å². The van der Waals surface area contributed by atoms with Gasteiger partial charge in [0.25, 0.3) is 5.91 Å². The van der Waals surface area contributed by atoms with Crippen molar-refractivity contribution in [1.29, 1.82) is 0 Å². The molecule has 1 unspecified atom stereocenters. The Morgan fingerprint density at radius 2 is 1.77 bits per heavy atom. The van der Waals surface area contributed by atoms with Gasteiger partial charge in [0, 0.05) is 12.0 Å². The summed E-state index contributed by atoms with van der Waals surface area (Å²) < 4.78 is 16.0. The van der Waals surface area contributed by atoms with Crippen molar-refractivity contribution in [2.24, 2.45) is 0 Å². The van der Waals surface area contributed by atoms with Crippen molar-refractivity contribution in [3.63, 3.8) is 0 Å². The van der Waals surface area contributed by atoms with Crippen LogP contribution in [0.3, 0.4) is 0 Å². The summed E-state index contributed by atoms with van der Waals surface area (Å²) in [4.78, 5) is 25.1. The van der Waals surface area contributed by atoms with E-state index in [0.717, 1.165) is 22.6 Å². The zero-order valence-electron chi connectivity index (χ0n) is 17.9.